The number of benzene rings is 1. The number of rotatable bonds is 11. The molecule has 0 saturated heterocycles. The third kappa shape index (κ3) is 6.51. The highest BCUT2D eigenvalue weighted by atomic mass is 32.9. The molecule has 0 aliphatic rings. The molecule has 3 nitrogen and oxygen atoms in total. The first kappa shape index (κ1) is 19.9. The van der Waals surface area contributed by atoms with Crippen molar-refractivity contribution in [1.82, 2.24) is 0 Å². The molecule has 22 heavy (non-hydrogen) atoms. The molecular formula is C16H25O3PS2. The van der Waals surface area contributed by atoms with Crippen molar-refractivity contribution in [2.45, 2.75) is 45.3 Å². The van der Waals surface area contributed by atoms with E-state index in [1.807, 2.05) is 44.2 Å². The van der Waals surface area contributed by atoms with Crippen molar-refractivity contribution in [3.8, 4) is 0 Å². The summed E-state index contributed by atoms with van der Waals surface area (Å²) in [4.78, 5) is 12.8. The normalized spacial score (nSPS) is 13.0. The smallest absolute Gasteiger partial charge is 0.248 e. The van der Waals surface area contributed by atoms with Crippen LogP contribution < -0.4 is 0 Å². The van der Waals surface area contributed by atoms with Gasteiger partial charge in [-0.05, 0) is 32.1 Å². The first-order valence-electron chi connectivity index (χ1n) is 7.73. The third-order valence-electron chi connectivity index (χ3n) is 3.00. The monoisotopic (exact) mass is 360 g/mol. The summed E-state index contributed by atoms with van der Waals surface area (Å²) in [5, 5.41) is -0.203. The molecular weight excluding hydrogens is 335 g/mol. The Morgan fingerprint density at radius 2 is 1.77 bits per heavy atom. The average molecular weight is 360 g/mol. The van der Waals surface area contributed by atoms with Crippen LogP contribution in [0.2, 0.25) is 0 Å². The van der Waals surface area contributed by atoms with E-state index >= 15 is 0 Å². The molecule has 0 radical (unpaired) electrons. The van der Waals surface area contributed by atoms with Crippen LogP contribution in [0.15, 0.2) is 30.3 Å². The van der Waals surface area contributed by atoms with E-state index < -0.39 is 5.69 Å². The van der Waals surface area contributed by atoms with Gasteiger partial charge >= 0.3 is 0 Å². The van der Waals surface area contributed by atoms with E-state index in [4.69, 9.17) is 20.9 Å². The highest BCUT2D eigenvalue weighted by molar-refractivity contribution is 8.68. The van der Waals surface area contributed by atoms with Crippen LogP contribution in [0.5, 0.6) is 0 Å². The Kier molecular flexibility index (Phi) is 9.53. The Morgan fingerprint density at radius 3 is 2.27 bits per heavy atom. The molecule has 6 heteroatoms. The lowest BCUT2D eigenvalue weighted by atomic mass is 10.0. The van der Waals surface area contributed by atoms with Crippen molar-refractivity contribution < 1.29 is 13.8 Å². The van der Waals surface area contributed by atoms with Crippen molar-refractivity contribution in [1.29, 1.82) is 0 Å². The molecule has 124 valence electrons. The molecule has 0 aliphatic carbocycles. The molecule has 0 fully saturated rings. The van der Waals surface area contributed by atoms with Gasteiger partial charge in [0.25, 0.3) is 0 Å². The fourth-order valence-corrected chi connectivity index (χ4v) is 7.73. The lowest BCUT2D eigenvalue weighted by molar-refractivity contribution is 0.0986. The standard InChI is InChI=1S/C16H25O3PS2/c1-4-7-13-15(16(17)14-11-9-8-10-12-14)22-20(21,18-5-2)19-6-3/h8-12,15H,4-7,13H2,1-3H3. The number of hydrogen-bond acceptors (Lipinski definition) is 5. The minimum Gasteiger partial charge on any atom is -0.322 e. The maximum absolute atomic E-state index is 12.8. The zero-order valence-corrected chi connectivity index (χ0v) is 16.0. The fourth-order valence-electron chi connectivity index (χ4n) is 1.98. The van der Waals surface area contributed by atoms with E-state index in [-0.39, 0.29) is 11.0 Å². The Bertz CT molecular complexity index is 483. The Morgan fingerprint density at radius 1 is 1.18 bits per heavy atom. The summed E-state index contributed by atoms with van der Waals surface area (Å²) in [6.07, 6.45) is 2.84. The first-order valence-corrected chi connectivity index (χ1v) is 11.8. The molecule has 0 spiro atoms. The molecule has 0 N–H and O–H groups in total. The molecule has 1 rings (SSSR count). The van der Waals surface area contributed by atoms with Crippen molar-refractivity contribution >= 4 is 34.7 Å². The molecule has 1 unspecified atom stereocenters. The number of Topliss-reactive ketones (excluding diaryl/α,β-unsaturated/α-hetero) is 1. The summed E-state index contributed by atoms with van der Waals surface area (Å²) in [6, 6.07) is 9.39. The Hall–Kier alpha value is -0.190. The van der Waals surface area contributed by atoms with E-state index in [0.717, 1.165) is 24.8 Å². The van der Waals surface area contributed by atoms with Gasteiger partial charge in [0.05, 0.1) is 18.5 Å². The van der Waals surface area contributed by atoms with E-state index in [2.05, 4.69) is 6.92 Å². The van der Waals surface area contributed by atoms with Gasteiger partial charge in [-0.15, -0.1) is 0 Å². The summed E-state index contributed by atoms with van der Waals surface area (Å²) in [5.41, 5.74) is -1.73. The molecule has 0 aliphatic heterocycles. The number of hydrogen-bond donors (Lipinski definition) is 0. The predicted molar refractivity (Wildman–Crippen MR) is 99.2 cm³/mol. The average Bonchev–Trinajstić information content (AvgIpc) is 2.52. The zero-order valence-electron chi connectivity index (χ0n) is 13.5. The van der Waals surface area contributed by atoms with Crippen molar-refractivity contribution in [3.05, 3.63) is 35.9 Å². The summed E-state index contributed by atoms with van der Waals surface area (Å²) < 4.78 is 11.4. The number of carbonyl (C=O) groups is 1. The second-order valence-electron chi connectivity index (χ2n) is 4.75. The van der Waals surface area contributed by atoms with E-state index in [1.54, 1.807) is 0 Å². The van der Waals surface area contributed by atoms with Gasteiger partial charge in [0.2, 0.25) is 5.69 Å². The van der Waals surface area contributed by atoms with Gasteiger partial charge in [-0.25, -0.2) is 0 Å². The molecule has 0 bridgehead atoms. The maximum atomic E-state index is 12.8. The van der Waals surface area contributed by atoms with Crippen LogP contribution >= 0.6 is 17.1 Å². The minimum absolute atomic E-state index is 0.118. The Labute approximate surface area is 143 Å². The number of carbonyl (C=O) groups excluding carboxylic acids is 1. The van der Waals surface area contributed by atoms with Crippen molar-refractivity contribution in [2.24, 2.45) is 0 Å². The summed E-state index contributed by atoms with van der Waals surface area (Å²) in [6.45, 7) is 6.94. The van der Waals surface area contributed by atoms with Crippen molar-refractivity contribution in [2.75, 3.05) is 13.2 Å². The minimum atomic E-state index is -2.46. The molecule has 1 aromatic rings. The van der Waals surface area contributed by atoms with Crippen LogP contribution in [0.25, 0.3) is 0 Å². The van der Waals surface area contributed by atoms with Crippen LogP contribution in [0.3, 0.4) is 0 Å². The van der Waals surface area contributed by atoms with Gasteiger partial charge in [-0.3, -0.25) is 4.79 Å². The van der Waals surface area contributed by atoms with Gasteiger partial charge in [-0.1, -0.05) is 61.5 Å². The summed E-state index contributed by atoms with van der Waals surface area (Å²) in [7, 11) is 0. The van der Waals surface area contributed by atoms with E-state index in [0.29, 0.717) is 13.2 Å². The second kappa shape index (κ2) is 10.6. The van der Waals surface area contributed by atoms with E-state index in [1.165, 1.54) is 11.4 Å². The SMILES string of the molecule is CCCCC(SP(=S)(OCC)OCC)C(=O)c1ccccc1. The fraction of sp³-hybridized carbons (Fsp3) is 0.562. The van der Waals surface area contributed by atoms with Crippen LogP contribution in [-0.4, -0.2) is 24.2 Å². The van der Waals surface area contributed by atoms with Gasteiger partial charge in [0.1, 0.15) is 0 Å². The molecule has 1 atom stereocenters. The second-order valence-corrected chi connectivity index (χ2v) is 11.2. The van der Waals surface area contributed by atoms with Gasteiger partial charge in [0.15, 0.2) is 5.78 Å². The quantitative estimate of drug-likeness (QED) is 0.387. The topological polar surface area (TPSA) is 35.5 Å². The third-order valence-corrected chi connectivity index (χ3v) is 8.69. The van der Waals surface area contributed by atoms with Crippen LogP contribution in [0.1, 0.15) is 50.4 Å². The predicted octanol–water partition coefficient (Wildman–Crippen LogP) is 5.46. The molecule has 0 amide bonds. The first-order chi connectivity index (χ1) is 10.6. The number of unbranched alkanes of at least 4 members (excludes halogenated alkanes) is 1. The molecule has 0 heterocycles. The van der Waals surface area contributed by atoms with Crippen molar-refractivity contribution in [3.63, 3.8) is 0 Å². The van der Waals surface area contributed by atoms with Crippen LogP contribution in [-0.2, 0) is 20.9 Å². The highest BCUT2D eigenvalue weighted by Crippen LogP contribution is 2.63. The van der Waals surface area contributed by atoms with E-state index in [9.17, 15) is 4.79 Å². The molecule has 0 aromatic heterocycles. The summed E-state index contributed by atoms with van der Waals surface area (Å²) >= 11 is 6.99. The Balaban J connectivity index is 2.91. The van der Waals surface area contributed by atoms with Crippen LogP contribution in [0, 0.1) is 0 Å². The van der Waals surface area contributed by atoms with Crippen LogP contribution in [0.4, 0.5) is 0 Å². The molecule has 0 saturated carbocycles. The maximum Gasteiger partial charge on any atom is 0.248 e. The highest BCUT2D eigenvalue weighted by Gasteiger charge is 2.29. The molecule has 1 aromatic carbocycles. The van der Waals surface area contributed by atoms with Gasteiger partial charge in [0, 0.05) is 5.56 Å². The van der Waals surface area contributed by atoms with Gasteiger partial charge in [-0.2, -0.15) is 0 Å². The number of ketones is 1. The summed E-state index contributed by atoms with van der Waals surface area (Å²) in [5.74, 6) is 0.118. The largest absolute Gasteiger partial charge is 0.322 e. The lowest BCUT2D eigenvalue weighted by Gasteiger charge is -2.24. The lowest BCUT2D eigenvalue weighted by Crippen LogP contribution is -2.18. The van der Waals surface area contributed by atoms with Gasteiger partial charge < -0.3 is 9.05 Å². The zero-order chi connectivity index (χ0) is 16.4.